The predicted molar refractivity (Wildman–Crippen MR) is 64.9 cm³/mol. The third kappa shape index (κ3) is 4.91. The van der Waals surface area contributed by atoms with Crippen LogP contribution in [0.15, 0.2) is 0 Å². The molecule has 1 rings (SSSR count). The van der Waals surface area contributed by atoms with E-state index in [1.807, 2.05) is 6.92 Å². The predicted octanol–water partition coefficient (Wildman–Crippen LogP) is 0.206. The number of nitrogens with two attached hydrogens (primary N) is 1. The largest absolute Gasteiger partial charge is 0.450 e. The van der Waals surface area contributed by atoms with Gasteiger partial charge in [0, 0.05) is 33.0 Å². The molecular formula is C12H25N2O3+. The average Bonchev–Trinajstić information content (AvgIpc) is 2.30. The number of hydrogen-bond donors (Lipinski definition) is 1. The molecule has 0 aromatic rings. The summed E-state index contributed by atoms with van der Waals surface area (Å²) < 4.78 is 10.1. The Balaban J connectivity index is 2.23. The van der Waals surface area contributed by atoms with Gasteiger partial charge in [0.2, 0.25) is 0 Å². The molecule has 0 spiro atoms. The summed E-state index contributed by atoms with van der Waals surface area (Å²) >= 11 is 0. The van der Waals surface area contributed by atoms with E-state index in [1.54, 1.807) is 12.0 Å². The Morgan fingerprint density at radius 3 is 2.65 bits per heavy atom. The van der Waals surface area contributed by atoms with Gasteiger partial charge in [-0.25, -0.2) is 4.79 Å². The lowest BCUT2D eigenvalue weighted by Gasteiger charge is -2.31. The van der Waals surface area contributed by atoms with E-state index in [9.17, 15) is 4.79 Å². The fraction of sp³-hybridized carbons (Fsp3) is 0.917. The smallest absolute Gasteiger partial charge is 0.409 e. The number of rotatable bonds is 5. The van der Waals surface area contributed by atoms with Crippen molar-refractivity contribution in [1.29, 1.82) is 0 Å². The van der Waals surface area contributed by atoms with E-state index in [2.05, 4.69) is 12.2 Å². The number of hydrogen-bond acceptors (Lipinski definition) is 3. The fourth-order valence-corrected chi connectivity index (χ4v) is 2.27. The molecule has 17 heavy (non-hydrogen) atoms. The first-order valence-corrected chi connectivity index (χ1v) is 6.43. The Kier molecular flexibility index (Phi) is 6.29. The van der Waals surface area contributed by atoms with Crippen LogP contribution in [0.25, 0.3) is 0 Å². The Morgan fingerprint density at radius 2 is 2.12 bits per heavy atom. The molecule has 0 bridgehead atoms. The van der Waals surface area contributed by atoms with Gasteiger partial charge in [-0.1, -0.05) is 0 Å². The van der Waals surface area contributed by atoms with Crippen molar-refractivity contribution in [2.75, 3.05) is 33.4 Å². The van der Waals surface area contributed by atoms with Crippen LogP contribution in [0.2, 0.25) is 0 Å². The molecule has 5 heteroatoms. The highest BCUT2D eigenvalue weighted by Crippen LogP contribution is 2.08. The molecule has 1 amide bonds. The Labute approximate surface area is 103 Å². The van der Waals surface area contributed by atoms with Crippen molar-refractivity contribution >= 4 is 6.09 Å². The maximum atomic E-state index is 11.5. The van der Waals surface area contributed by atoms with E-state index in [0.29, 0.717) is 18.7 Å². The van der Waals surface area contributed by atoms with E-state index in [4.69, 9.17) is 9.47 Å². The van der Waals surface area contributed by atoms with Gasteiger partial charge in [0.25, 0.3) is 0 Å². The Morgan fingerprint density at radius 1 is 1.47 bits per heavy atom. The lowest BCUT2D eigenvalue weighted by molar-refractivity contribution is -0.722. The second-order valence-corrected chi connectivity index (χ2v) is 4.65. The highest BCUT2D eigenvalue weighted by atomic mass is 16.6. The summed E-state index contributed by atoms with van der Waals surface area (Å²) in [5, 5.41) is 2.35. The van der Waals surface area contributed by atoms with Crippen LogP contribution in [0.5, 0.6) is 0 Å². The zero-order chi connectivity index (χ0) is 12.7. The van der Waals surface area contributed by atoms with Gasteiger partial charge < -0.3 is 19.7 Å². The van der Waals surface area contributed by atoms with Gasteiger partial charge in [-0.05, 0) is 13.8 Å². The third-order valence-corrected chi connectivity index (χ3v) is 3.10. The molecule has 1 aliphatic rings. The van der Waals surface area contributed by atoms with Crippen LogP contribution in [0.3, 0.4) is 0 Å². The quantitative estimate of drug-likeness (QED) is 0.753. The van der Waals surface area contributed by atoms with Crippen LogP contribution in [0, 0.1) is 0 Å². The summed E-state index contributed by atoms with van der Waals surface area (Å²) in [7, 11) is 1.73. The van der Waals surface area contributed by atoms with Crippen molar-refractivity contribution < 1.29 is 19.6 Å². The SMILES string of the molecule is CCOC(=O)N1CCC([NH2+][C@H](C)COC)CC1. The van der Waals surface area contributed by atoms with Crippen molar-refractivity contribution in [3.63, 3.8) is 0 Å². The second-order valence-electron chi connectivity index (χ2n) is 4.65. The molecule has 2 N–H and O–H groups in total. The highest BCUT2D eigenvalue weighted by Gasteiger charge is 2.26. The monoisotopic (exact) mass is 245 g/mol. The van der Waals surface area contributed by atoms with Gasteiger partial charge in [-0.3, -0.25) is 0 Å². The van der Waals surface area contributed by atoms with Crippen LogP contribution in [-0.2, 0) is 9.47 Å². The van der Waals surface area contributed by atoms with Crippen molar-refractivity contribution in [3.8, 4) is 0 Å². The standard InChI is InChI=1S/C12H24N2O3/c1-4-17-12(15)14-7-5-11(6-8-14)13-10(2)9-16-3/h10-11,13H,4-9H2,1-3H3/p+1/t10-/m1/s1. The van der Waals surface area contributed by atoms with Crippen LogP contribution in [-0.4, -0.2) is 56.5 Å². The van der Waals surface area contributed by atoms with Gasteiger partial charge in [0.15, 0.2) is 0 Å². The maximum Gasteiger partial charge on any atom is 0.409 e. The molecule has 5 nitrogen and oxygen atoms in total. The normalized spacial score (nSPS) is 19.1. The third-order valence-electron chi connectivity index (χ3n) is 3.10. The number of piperidine rings is 1. The molecule has 1 heterocycles. The van der Waals surface area contributed by atoms with Gasteiger partial charge in [0.1, 0.15) is 6.04 Å². The molecule has 100 valence electrons. The molecule has 0 radical (unpaired) electrons. The van der Waals surface area contributed by atoms with Crippen molar-refractivity contribution in [2.45, 2.75) is 38.8 Å². The minimum Gasteiger partial charge on any atom is -0.450 e. The molecule has 1 saturated heterocycles. The Bertz CT molecular complexity index is 228. The summed E-state index contributed by atoms with van der Waals surface area (Å²) in [4.78, 5) is 13.3. The lowest BCUT2D eigenvalue weighted by Crippen LogP contribution is -2.96. The minimum absolute atomic E-state index is 0.170. The first kappa shape index (κ1) is 14.3. The van der Waals surface area contributed by atoms with E-state index in [1.165, 1.54) is 0 Å². The average molecular weight is 245 g/mol. The number of amides is 1. The molecule has 1 fully saturated rings. The van der Waals surface area contributed by atoms with Gasteiger partial charge >= 0.3 is 6.09 Å². The Hall–Kier alpha value is -0.810. The van der Waals surface area contributed by atoms with Crippen LogP contribution in [0.4, 0.5) is 4.79 Å². The number of quaternary nitrogens is 1. The first-order valence-electron chi connectivity index (χ1n) is 6.43. The molecule has 1 atom stereocenters. The maximum absolute atomic E-state index is 11.5. The molecule has 0 aliphatic carbocycles. The van der Waals surface area contributed by atoms with Crippen LogP contribution in [0.1, 0.15) is 26.7 Å². The number of likely N-dealkylation sites (tertiary alicyclic amines) is 1. The summed E-state index contributed by atoms with van der Waals surface area (Å²) in [5.74, 6) is 0. The van der Waals surface area contributed by atoms with Gasteiger partial charge in [0.05, 0.1) is 19.3 Å². The van der Waals surface area contributed by atoms with Gasteiger partial charge in [-0.2, -0.15) is 0 Å². The summed E-state index contributed by atoms with van der Waals surface area (Å²) in [6, 6.07) is 1.09. The molecule has 0 aromatic carbocycles. The number of methoxy groups -OCH3 is 1. The second kappa shape index (κ2) is 7.50. The van der Waals surface area contributed by atoms with E-state index >= 15 is 0 Å². The van der Waals surface area contributed by atoms with Crippen molar-refractivity contribution in [2.24, 2.45) is 0 Å². The van der Waals surface area contributed by atoms with Crippen LogP contribution >= 0.6 is 0 Å². The van der Waals surface area contributed by atoms with Gasteiger partial charge in [-0.15, -0.1) is 0 Å². The van der Waals surface area contributed by atoms with E-state index < -0.39 is 0 Å². The van der Waals surface area contributed by atoms with Crippen molar-refractivity contribution in [3.05, 3.63) is 0 Å². The lowest BCUT2D eigenvalue weighted by atomic mass is 10.0. The number of nitrogens with zero attached hydrogens (tertiary/aromatic N) is 1. The topological polar surface area (TPSA) is 55.4 Å². The molecule has 1 aliphatic heterocycles. The number of carbonyl (C=O) groups excluding carboxylic acids is 1. The summed E-state index contributed by atoms with van der Waals surface area (Å²) in [5.41, 5.74) is 0. The fourth-order valence-electron chi connectivity index (χ4n) is 2.27. The van der Waals surface area contributed by atoms with Crippen molar-refractivity contribution in [1.82, 2.24) is 4.90 Å². The van der Waals surface area contributed by atoms with E-state index in [-0.39, 0.29) is 6.09 Å². The molecular weight excluding hydrogens is 220 g/mol. The molecule has 0 unspecified atom stereocenters. The molecule has 0 saturated carbocycles. The zero-order valence-electron chi connectivity index (χ0n) is 11.1. The summed E-state index contributed by atoms with van der Waals surface area (Å²) in [6.45, 7) is 6.85. The first-order chi connectivity index (χ1) is 8.17. The summed E-state index contributed by atoms with van der Waals surface area (Å²) in [6.07, 6.45) is 1.90. The van der Waals surface area contributed by atoms with Crippen LogP contribution < -0.4 is 5.32 Å². The number of carbonyl (C=O) groups is 1. The highest BCUT2D eigenvalue weighted by molar-refractivity contribution is 5.67. The van der Waals surface area contributed by atoms with E-state index in [0.717, 1.165) is 32.5 Å². The molecule has 0 aromatic heterocycles. The zero-order valence-corrected chi connectivity index (χ0v) is 11.1. The number of ether oxygens (including phenoxy) is 2. The minimum atomic E-state index is -0.170.